The highest BCUT2D eigenvalue weighted by Crippen LogP contribution is 2.71. The van der Waals surface area contributed by atoms with Crippen LogP contribution in [0.3, 0.4) is 0 Å². The molecule has 1 aromatic carbocycles. The van der Waals surface area contributed by atoms with Crippen molar-refractivity contribution in [1.82, 2.24) is 0 Å². The summed E-state index contributed by atoms with van der Waals surface area (Å²) < 4.78 is 0. The molecule has 0 bridgehead atoms. The van der Waals surface area contributed by atoms with Crippen LogP contribution in [0, 0.1) is 30.6 Å². The highest BCUT2D eigenvalue weighted by molar-refractivity contribution is 5.41. The van der Waals surface area contributed by atoms with Crippen LogP contribution in [0.2, 0.25) is 0 Å². The molecule has 0 heteroatoms. The van der Waals surface area contributed by atoms with Crippen molar-refractivity contribution in [3.05, 3.63) is 58.7 Å². The summed E-state index contributed by atoms with van der Waals surface area (Å²) in [4.78, 5) is 0. The van der Waals surface area contributed by atoms with Crippen LogP contribution >= 0.6 is 0 Å². The van der Waals surface area contributed by atoms with Gasteiger partial charge in [-0.2, -0.15) is 0 Å². The van der Waals surface area contributed by atoms with E-state index in [2.05, 4.69) is 71.0 Å². The molecule has 1 aromatic rings. The second-order valence-electron chi connectivity index (χ2n) is 7.30. The zero-order chi connectivity index (χ0) is 15.3. The van der Waals surface area contributed by atoms with Gasteiger partial charge in [0.25, 0.3) is 0 Å². The largest absolute Gasteiger partial charge is 0.0875 e. The van der Waals surface area contributed by atoms with Crippen molar-refractivity contribution >= 4 is 0 Å². The van der Waals surface area contributed by atoms with Gasteiger partial charge in [-0.3, -0.25) is 0 Å². The lowest BCUT2D eigenvalue weighted by Gasteiger charge is -2.67. The molecule has 0 aliphatic heterocycles. The minimum Gasteiger partial charge on any atom is -0.0875 e. The first-order valence-corrected chi connectivity index (χ1v) is 8.38. The Balaban J connectivity index is 1.89. The molecule has 0 heterocycles. The summed E-state index contributed by atoms with van der Waals surface area (Å²) >= 11 is 0. The maximum absolute atomic E-state index is 2.47. The quantitative estimate of drug-likeness (QED) is 0.613. The molecule has 3 rings (SSSR count). The van der Waals surface area contributed by atoms with Gasteiger partial charge in [0.15, 0.2) is 0 Å². The van der Waals surface area contributed by atoms with Crippen LogP contribution in [-0.2, 0) is 6.42 Å². The van der Waals surface area contributed by atoms with E-state index < -0.39 is 0 Å². The first kappa shape index (κ1) is 14.6. The molecule has 0 N–H and O–H groups in total. The molecular weight excluding hydrogens is 252 g/mol. The Labute approximate surface area is 130 Å². The number of benzene rings is 1. The Hall–Kier alpha value is -1.30. The molecule has 2 aliphatic rings. The standard InChI is InChI=1S/C21H28/c1-6-18(13-17-9-8-15(3)16(4)12-17)21(7-2)14-19-10-11-20(19,21)5/h6,8-12,19H,7,13-14H2,1-5H3/b18-6+. The molecule has 3 atom stereocenters. The van der Waals surface area contributed by atoms with Gasteiger partial charge < -0.3 is 0 Å². The topological polar surface area (TPSA) is 0 Å². The van der Waals surface area contributed by atoms with Crippen molar-refractivity contribution in [2.75, 3.05) is 0 Å². The maximum atomic E-state index is 2.47. The number of fused-ring (bicyclic) bond motifs is 1. The van der Waals surface area contributed by atoms with Crippen molar-refractivity contribution in [2.45, 2.75) is 53.9 Å². The lowest BCUT2D eigenvalue weighted by molar-refractivity contribution is -0.0688. The number of hydrogen-bond donors (Lipinski definition) is 0. The molecule has 0 radical (unpaired) electrons. The third kappa shape index (κ3) is 1.88. The predicted molar refractivity (Wildman–Crippen MR) is 91.5 cm³/mol. The lowest BCUT2D eigenvalue weighted by atomic mass is 9.36. The monoisotopic (exact) mass is 280 g/mol. The van der Waals surface area contributed by atoms with Gasteiger partial charge in [0.05, 0.1) is 0 Å². The van der Waals surface area contributed by atoms with Gasteiger partial charge in [-0.05, 0) is 62.6 Å². The van der Waals surface area contributed by atoms with E-state index >= 15 is 0 Å². The molecule has 0 spiro atoms. The summed E-state index contributed by atoms with van der Waals surface area (Å²) in [7, 11) is 0. The first-order chi connectivity index (χ1) is 9.96. The van der Waals surface area contributed by atoms with Gasteiger partial charge in [-0.1, -0.05) is 55.8 Å². The van der Waals surface area contributed by atoms with Gasteiger partial charge >= 0.3 is 0 Å². The Kier molecular flexibility index (Phi) is 3.39. The molecule has 1 saturated carbocycles. The van der Waals surface area contributed by atoms with E-state index in [9.17, 15) is 0 Å². The van der Waals surface area contributed by atoms with Crippen molar-refractivity contribution in [3.8, 4) is 0 Å². The first-order valence-electron chi connectivity index (χ1n) is 8.38. The van der Waals surface area contributed by atoms with E-state index in [0.717, 1.165) is 12.3 Å². The van der Waals surface area contributed by atoms with Crippen LogP contribution in [0.1, 0.15) is 50.3 Å². The van der Waals surface area contributed by atoms with E-state index in [-0.39, 0.29) is 0 Å². The summed E-state index contributed by atoms with van der Waals surface area (Å²) in [6, 6.07) is 6.95. The van der Waals surface area contributed by atoms with E-state index in [1.807, 2.05) is 0 Å². The Morgan fingerprint density at radius 3 is 2.48 bits per heavy atom. The lowest BCUT2D eigenvalue weighted by Crippen LogP contribution is -2.59. The van der Waals surface area contributed by atoms with E-state index in [1.54, 1.807) is 5.57 Å². The van der Waals surface area contributed by atoms with Crippen LogP contribution in [0.4, 0.5) is 0 Å². The van der Waals surface area contributed by atoms with Gasteiger partial charge in [0.1, 0.15) is 0 Å². The zero-order valence-electron chi connectivity index (χ0n) is 14.2. The Bertz CT molecular complexity index is 619. The molecule has 21 heavy (non-hydrogen) atoms. The van der Waals surface area contributed by atoms with Crippen molar-refractivity contribution in [2.24, 2.45) is 16.7 Å². The SMILES string of the molecule is C/C=C(\Cc1ccc(C)c(C)c1)C1(CC)CC2C=CC21C. The third-order valence-electron chi connectivity index (χ3n) is 6.58. The van der Waals surface area contributed by atoms with Crippen molar-refractivity contribution < 1.29 is 0 Å². The van der Waals surface area contributed by atoms with Gasteiger partial charge in [0.2, 0.25) is 0 Å². The van der Waals surface area contributed by atoms with Gasteiger partial charge in [0, 0.05) is 10.8 Å². The summed E-state index contributed by atoms with van der Waals surface area (Å²) in [5.74, 6) is 0.826. The molecule has 2 aliphatic carbocycles. The van der Waals surface area contributed by atoms with E-state index in [1.165, 1.54) is 29.5 Å². The number of aryl methyl sites for hydroxylation is 2. The van der Waals surface area contributed by atoms with Crippen molar-refractivity contribution in [3.63, 3.8) is 0 Å². The number of allylic oxidation sites excluding steroid dienone is 4. The van der Waals surface area contributed by atoms with Crippen LogP contribution in [0.5, 0.6) is 0 Å². The van der Waals surface area contributed by atoms with E-state index in [4.69, 9.17) is 0 Å². The average molecular weight is 280 g/mol. The van der Waals surface area contributed by atoms with Crippen LogP contribution in [0.15, 0.2) is 42.0 Å². The highest BCUT2D eigenvalue weighted by atomic mass is 14.7. The molecule has 0 saturated heterocycles. The van der Waals surface area contributed by atoms with Crippen LogP contribution in [-0.4, -0.2) is 0 Å². The molecule has 112 valence electrons. The molecule has 0 amide bonds. The molecule has 3 unspecified atom stereocenters. The predicted octanol–water partition coefficient (Wildman–Crippen LogP) is 5.78. The van der Waals surface area contributed by atoms with Gasteiger partial charge in [-0.25, -0.2) is 0 Å². The smallest absolute Gasteiger partial charge is 0.00123 e. The van der Waals surface area contributed by atoms with Crippen LogP contribution < -0.4 is 0 Å². The normalized spacial score (nSPS) is 34.1. The fourth-order valence-corrected chi connectivity index (χ4v) is 4.69. The average Bonchev–Trinajstić information content (AvgIpc) is 2.49. The summed E-state index contributed by atoms with van der Waals surface area (Å²) in [6.07, 6.45) is 11.0. The second-order valence-corrected chi connectivity index (χ2v) is 7.30. The highest BCUT2D eigenvalue weighted by Gasteiger charge is 2.63. The van der Waals surface area contributed by atoms with Gasteiger partial charge in [-0.15, -0.1) is 0 Å². The fourth-order valence-electron chi connectivity index (χ4n) is 4.69. The molecular formula is C21H28. The maximum Gasteiger partial charge on any atom is 0.00123 e. The van der Waals surface area contributed by atoms with E-state index in [0.29, 0.717) is 10.8 Å². The fraction of sp³-hybridized carbons (Fsp3) is 0.524. The summed E-state index contributed by atoms with van der Waals surface area (Å²) in [5, 5.41) is 0. The Morgan fingerprint density at radius 1 is 1.29 bits per heavy atom. The molecule has 1 fully saturated rings. The third-order valence-corrected chi connectivity index (χ3v) is 6.58. The number of rotatable bonds is 4. The number of hydrogen-bond acceptors (Lipinski definition) is 0. The second kappa shape index (κ2) is 4.87. The minimum absolute atomic E-state index is 0.403. The zero-order valence-corrected chi connectivity index (χ0v) is 14.2. The summed E-state index contributed by atoms with van der Waals surface area (Å²) in [6.45, 7) is 11.5. The van der Waals surface area contributed by atoms with Crippen LogP contribution in [0.25, 0.3) is 0 Å². The molecule has 0 nitrogen and oxygen atoms in total. The summed E-state index contributed by atoms with van der Waals surface area (Å²) in [5.41, 5.74) is 6.74. The van der Waals surface area contributed by atoms with Crippen molar-refractivity contribution in [1.29, 1.82) is 0 Å². The minimum atomic E-state index is 0.403. The Morgan fingerprint density at radius 2 is 2.05 bits per heavy atom. The molecule has 0 aromatic heterocycles.